The van der Waals surface area contributed by atoms with Crippen LogP contribution in [-0.2, 0) is 24.2 Å². The molecule has 2 N–H and O–H groups in total. The van der Waals surface area contributed by atoms with Crippen molar-refractivity contribution in [3.05, 3.63) is 237 Å². The van der Waals surface area contributed by atoms with Crippen LogP contribution < -0.4 is 11.0 Å². The molecule has 0 atom stereocenters. The highest BCUT2D eigenvalue weighted by atomic mass is 36.0. The van der Waals surface area contributed by atoms with Gasteiger partial charge in [0.25, 0.3) is 0 Å². The number of benzene rings is 6. The smallest absolute Gasteiger partial charge is 0.339 e. The van der Waals surface area contributed by atoms with Crippen LogP contribution >= 0.6 is 50.5 Å². The molecule has 16 nitrogen and oxygen atoms in total. The molecular formula is C63H58Cl4N11O5P. The van der Waals surface area contributed by atoms with Crippen molar-refractivity contribution in [1.82, 2.24) is 49.1 Å². The van der Waals surface area contributed by atoms with Crippen LogP contribution in [0.3, 0.4) is 0 Å². The third-order valence-corrected chi connectivity index (χ3v) is 13.9. The molecule has 0 aliphatic heterocycles. The first kappa shape index (κ1) is 60.1. The summed E-state index contributed by atoms with van der Waals surface area (Å²) in [5, 5.41) is 12.9. The number of aromatic amines is 1. The summed E-state index contributed by atoms with van der Waals surface area (Å²) in [7, 11) is 0. The topological polar surface area (TPSA) is 194 Å². The van der Waals surface area contributed by atoms with E-state index in [-0.39, 0.29) is 13.1 Å². The van der Waals surface area contributed by atoms with E-state index < -0.39 is 5.20 Å². The zero-order chi connectivity index (χ0) is 58.4. The van der Waals surface area contributed by atoms with Crippen molar-refractivity contribution >= 4 is 95.3 Å². The number of anilines is 2. The Hall–Kier alpha value is -8.50. The quantitative estimate of drug-likeness (QED) is 0.117. The lowest BCUT2D eigenvalue weighted by atomic mass is 10.0. The SMILES string of the molecule is C.Cc1noc(C)c1-c1ccc2[nH]c(=O)n(Cc3ccccc3)c2c1.Cc1noc(C)c1-c1ccc2nc(Cl)n(Cc3ccccc3)c2c1.Cc1noc(C)c1-c1ccc2nc(Nc3cccnc3)n(Cc3ccccc3)c2c1.O=P(Cl)(Cl)Cl. The van der Waals surface area contributed by atoms with E-state index in [1.165, 1.54) is 11.1 Å². The third-order valence-electron chi connectivity index (χ3n) is 13.7. The minimum atomic E-state index is -3.22. The Kier molecular flexibility index (Phi) is 18.9. The number of aromatic nitrogens is 10. The Morgan fingerprint density at radius 1 is 0.524 bits per heavy atom. The molecule has 21 heteroatoms. The first-order valence-corrected chi connectivity index (χ1v) is 30.9. The van der Waals surface area contributed by atoms with E-state index in [0.29, 0.717) is 24.9 Å². The number of pyridine rings is 1. The van der Waals surface area contributed by atoms with Gasteiger partial charge in [0.1, 0.15) is 17.3 Å². The number of hydrogen-bond acceptors (Lipinski definition) is 12. The molecule has 0 spiro atoms. The normalized spacial score (nSPS) is 11.1. The molecule has 0 aliphatic rings. The van der Waals surface area contributed by atoms with E-state index in [9.17, 15) is 9.36 Å². The molecule has 7 heterocycles. The number of hydrogen-bond donors (Lipinski definition) is 2. The Morgan fingerprint density at radius 2 is 0.940 bits per heavy atom. The summed E-state index contributed by atoms with van der Waals surface area (Å²) in [5.41, 5.74) is 18.6. The van der Waals surface area contributed by atoms with Crippen molar-refractivity contribution in [1.29, 1.82) is 0 Å². The summed E-state index contributed by atoms with van der Waals surface area (Å²) < 4.78 is 31.4. The molecule has 0 fully saturated rings. The highest BCUT2D eigenvalue weighted by Gasteiger charge is 2.19. The first-order valence-electron chi connectivity index (χ1n) is 26.1. The third kappa shape index (κ3) is 14.1. The molecule has 0 saturated heterocycles. The summed E-state index contributed by atoms with van der Waals surface area (Å²) in [6.07, 6.45) is 3.55. The van der Waals surface area contributed by atoms with Gasteiger partial charge in [-0.05, 0) is 169 Å². The van der Waals surface area contributed by atoms with Crippen molar-refractivity contribution in [2.75, 3.05) is 5.32 Å². The van der Waals surface area contributed by atoms with Crippen LogP contribution in [0.2, 0.25) is 5.28 Å². The summed E-state index contributed by atoms with van der Waals surface area (Å²) in [4.78, 5) is 28.8. The summed E-state index contributed by atoms with van der Waals surface area (Å²) >= 11 is 20.2. The van der Waals surface area contributed by atoms with E-state index >= 15 is 0 Å². The van der Waals surface area contributed by atoms with Gasteiger partial charge in [-0.25, -0.2) is 14.8 Å². The lowest BCUT2D eigenvalue weighted by Gasteiger charge is -2.11. The second kappa shape index (κ2) is 26.4. The molecule has 0 amide bonds. The second-order valence-electron chi connectivity index (χ2n) is 19.5. The first-order chi connectivity index (χ1) is 39.9. The largest absolute Gasteiger partial charge is 0.361 e. The van der Waals surface area contributed by atoms with Gasteiger partial charge >= 0.3 is 10.9 Å². The zero-order valence-electron chi connectivity index (χ0n) is 45.8. The van der Waals surface area contributed by atoms with Gasteiger partial charge in [0.2, 0.25) is 11.2 Å². The van der Waals surface area contributed by atoms with E-state index in [4.69, 9.17) is 30.2 Å². The van der Waals surface area contributed by atoms with Gasteiger partial charge < -0.3 is 33.0 Å². The van der Waals surface area contributed by atoms with Gasteiger partial charge in [-0.1, -0.05) is 132 Å². The highest BCUT2D eigenvalue weighted by molar-refractivity contribution is 8.24. The molecule has 6 aromatic carbocycles. The number of fused-ring (bicyclic) bond motifs is 3. The van der Waals surface area contributed by atoms with Crippen LogP contribution in [0.5, 0.6) is 0 Å². The van der Waals surface area contributed by atoms with Gasteiger partial charge in [0, 0.05) is 22.9 Å². The molecule has 0 unspecified atom stereocenters. The fraction of sp³-hybridized carbons (Fsp3) is 0.159. The molecule has 7 aromatic heterocycles. The average molecular weight is 1220 g/mol. The Labute approximate surface area is 503 Å². The molecule has 0 aliphatic carbocycles. The van der Waals surface area contributed by atoms with Crippen LogP contribution in [0.1, 0.15) is 58.5 Å². The van der Waals surface area contributed by atoms with Gasteiger partial charge in [-0.3, -0.25) is 14.1 Å². The number of aryl methyl sites for hydroxylation is 6. The predicted octanol–water partition coefficient (Wildman–Crippen LogP) is 17.6. The van der Waals surface area contributed by atoms with Crippen molar-refractivity contribution in [2.45, 2.75) is 68.6 Å². The van der Waals surface area contributed by atoms with Crippen LogP contribution in [0, 0.1) is 41.5 Å². The minimum Gasteiger partial charge on any atom is -0.361 e. The van der Waals surface area contributed by atoms with Crippen molar-refractivity contribution in [3.63, 3.8) is 0 Å². The molecule has 0 bridgehead atoms. The van der Waals surface area contributed by atoms with E-state index in [0.717, 1.165) is 118 Å². The van der Waals surface area contributed by atoms with Crippen LogP contribution in [0.15, 0.2) is 188 Å². The summed E-state index contributed by atoms with van der Waals surface area (Å²) in [6, 6.07) is 52.8. The standard InChI is InChI=1S/C24H21N5O.C19H16ClN3O.C19H17N3O2.CH4.Cl3OP/c1-16-23(17(2)30-28-16)19-10-11-21-22(13-19)29(15-18-7-4-3-5-8-18)24(27-21)26-20-9-6-12-25-14-20;1-12-18(13(2)24-22-12)15-8-9-16-17(10-15)23(19(20)21-16)11-14-6-4-3-5-7-14;1-12-18(13(2)24-21-12)15-8-9-16-17(10-15)22(19(23)20-16)11-14-6-4-3-5-7-14;;1-5(2,3)4/h3-14H,15H2,1-2H3,(H,26,27);3-10H,11H2,1-2H3;3-10H,11H2,1-2H3,(H,20,23);1H4;. The number of halogens is 4. The highest BCUT2D eigenvalue weighted by Crippen LogP contribution is 2.61. The monoisotopic (exact) mass is 1220 g/mol. The maximum Gasteiger partial charge on any atom is 0.339 e. The lowest BCUT2D eigenvalue weighted by molar-refractivity contribution is 0.393. The summed E-state index contributed by atoms with van der Waals surface area (Å²) in [5.74, 6) is 3.18. The van der Waals surface area contributed by atoms with Crippen LogP contribution in [0.4, 0.5) is 11.6 Å². The number of nitrogens with zero attached hydrogens (tertiary/aromatic N) is 9. The predicted molar refractivity (Wildman–Crippen MR) is 338 cm³/mol. The molecule has 428 valence electrons. The average Bonchev–Trinajstić information content (AvgIpc) is 2.15. The van der Waals surface area contributed by atoms with Crippen molar-refractivity contribution in [2.24, 2.45) is 0 Å². The number of imidazole rings is 3. The van der Waals surface area contributed by atoms with Gasteiger partial charge in [0.05, 0.1) is 81.7 Å². The minimum absolute atomic E-state index is 0. The van der Waals surface area contributed by atoms with E-state index in [1.54, 1.807) is 17.0 Å². The molecule has 0 saturated carbocycles. The molecule has 13 aromatic rings. The maximum atomic E-state index is 12.4. The Bertz CT molecular complexity index is 4410. The number of H-pyrrole nitrogens is 1. The van der Waals surface area contributed by atoms with Crippen LogP contribution in [0.25, 0.3) is 66.5 Å². The molecule has 0 radical (unpaired) electrons. The van der Waals surface area contributed by atoms with E-state index in [2.05, 4.69) is 129 Å². The molecule has 13 rings (SSSR count). The van der Waals surface area contributed by atoms with E-state index in [1.807, 2.05) is 149 Å². The Balaban J connectivity index is 0.000000145. The van der Waals surface area contributed by atoms with Gasteiger partial charge in [-0.2, -0.15) is 0 Å². The fourth-order valence-electron chi connectivity index (χ4n) is 9.95. The van der Waals surface area contributed by atoms with Gasteiger partial charge in [0.15, 0.2) is 0 Å². The second-order valence-corrected chi connectivity index (χ2v) is 26.4. The van der Waals surface area contributed by atoms with Crippen LogP contribution in [-0.4, -0.2) is 49.1 Å². The fourth-order valence-corrected chi connectivity index (χ4v) is 10.2. The Morgan fingerprint density at radius 3 is 1.38 bits per heavy atom. The zero-order valence-corrected chi connectivity index (χ0v) is 49.7. The van der Waals surface area contributed by atoms with Gasteiger partial charge in [-0.15, -0.1) is 0 Å². The summed E-state index contributed by atoms with van der Waals surface area (Å²) in [6.45, 7) is 13.5. The number of nitrogens with one attached hydrogen (secondary N) is 2. The molecule has 84 heavy (non-hydrogen) atoms. The number of rotatable bonds is 11. The molecular weight excluding hydrogens is 1160 g/mol. The van der Waals surface area contributed by atoms with Crippen molar-refractivity contribution < 1.29 is 18.1 Å². The lowest BCUT2D eigenvalue weighted by Crippen LogP contribution is -2.17. The maximum absolute atomic E-state index is 12.4. The van der Waals surface area contributed by atoms with Crippen molar-refractivity contribution in [3.8, 4) is 33.4 Å².